The number of ether oxygens (including phenoxy) is 2. The lowest BCUT2D eigenvalue weighted by atomic mass is 10.2. The standard InChI is InChI=1S/C22H25N5O2/c1-23-22(26-17-8-9-19-20(15-17)29-14-4-13-28-19)25-12-11-24-21-10-7-16-5-2-3-6-18(16)27-21/h2-3,5-10,15H,4,11-14H2,1H3,(H,24,27)(H2,23,25,26). The summed E-state index contributed by atoms with van der Waals surface area (Å²) in [5.74, 6) is 3.08. The third kappa shape index (κ3) is 4.87. The van der Waals surface area contributed by atoms with Gasteiger partial charge in [0.25, 0.3) is 0 Å². The predicted molar refractivity (Wildman–Crippen MR) is 117 cm³/mol. The third-order valence-electron chi connectivity index (χ3n) is 4.56. The van der Waals surface area contributed by atoms with Gasteiger partial charge in [-0.2, -0.15) is 0 Å². The van der Waals surface area contributed by atoms with Crippen molar-refractivity contribution in [1.82, 2.24) is 10.3 Å². The fraction of sp³-hybridized carbons (Fsp3) is 0.273. The number of nitrogens with one attached hydrogen (secondary N) is 3. The summed E-state index contributed by atoms with van der Waals surface area (Å²) in [6, 6.07) is 18.0. The number of hydrogen-bond acceptors (Lipinski definition) is 5. The molecule has 3 N–H and O–H groups in total. The first-order valence-electron chi connectivity index (χ1n) is 9.79. The van der Waals surface area contributed by atoms with Gasteiger partial charge in [0.05, 0.1) is 18.7 Å². The van der Waals surface area contributed by atoms with Gasteiger partial charge in [-0.25, -0.2) is 4.98 Å². The Morgan fingerprint density at radius 2 is 1.86 bits per heavy atom. The number of pyridine rings is 1. The maximum atomic E-state index is 5.74. The molecule has 0 aliphatic carbocycles. The Morgan fingerprint density at radius 1 is 1.00 bits per heavy atom. The molecule has 0 amide bonds. The molecule has 150 valence electrons. The number of para-hydroxylation sites is 1. The van der Waals surface area contributed by atoms with Crippen LogP contribution in [-0.4, -0.2) is 44.3 Å². The zero-order valence-electron chi connectivity index (χ0n) is 16.4. The van der Waals surface area contributed by atoms with Crippen LogP contribution in [0.4, 0.5) is 11.5 Å². The fourth-order valence-corrected chi connectivity index (χ4v) is 3.09. The van der Waals surface area contributed by atoms with E-state index in [9.17, 15) is 0 Å². The van der Waals surface area contributed by atoms with E-state index in [-0.39, 0.29) is 0 Å². The zero-order valence-corrected chi connectivity index (χ0v) is 16.4. The molecule has 1 aliphatic rings. The van der Waals surface area contributed by atoms with Gasteiger partial charge in [-0.15, -0.1) is 0 Å². The summed E-state index contributed by atoms with van der Waals surface area (Å²) in [5.41, 5.74) is 1.88. The fourth-order valence-electron chi connectivity index (χ4n) is 3.09. The van der Waals surface area contributed by atoms with Gasteiger partial charge in [-0.05, 0) is 30.3 Å². The summed E-state index contributed by atoms with van der Waals surface area (Å²) in [6.45, 7) is 2.76. The summed E-state index contributed by atoms with van der Waals surface area (Å²) < 4.78 is 11.4. The first-order chi connectivity index (χ1) is 14.3. The van der Waals surface area contributed by atoms with E-state index in [0.29, 0.717) is 32.3 Å². The van der Waals surface area contributed by atoms with Crippen molar-refractivity contribution in [3.8, 4) is 11.5 Å². The quantitative estimate of drug-likeness (QED) is 0.351. The second kappa shape index (κ2) is 9.14. The van der Waals surface area contributed by atoms with Gasteiger partial charge in [-0.1, -0.05) is 18.2 Å². The van der Waals surface area contributed by atoms with Crippen molar-refractivity contribution in [2.24, 2.45) is 4.99 Å². The van der Waals surface area contributed by atoms with Gasteiger partial charge in [-0.3, -0.25) is 4.99 Å². The maximum absolute atomic E-state index is 5.74. The predicted octanol–water partition coefficient (Wildman–Crippen LogP) is 3.50. The lowest BCUT2D eigenvalue weighted by Crippen LogP contribution is -2.34. The van der Waals surface area contributed by atoms with Crippen molar-refractivity contribution in [3.63, 3.8) is 0 Å². The molecule has 7 nitrogen and oxygen atoms in total. The Kier molecular flexibility index (Phi) is 5.95. The van der Waals surface area contributed by atoms with Gasteiger partial charge < -0.3 is 25.4 Å². The highest BCUT2D eigenvalue weighted by Crippen LogP contribution is 2.32. The van der Waals surface area contributed by atoms with E-state index < -0.39 is 0 Å². The smallest absolute Gasteiger partial charge is 0.195 e. The molecule has 2 heterocycles. The van der Waals surface area contributed by atoms with Gasteiger partial charge in [0.1, 0.15) is 5.82 Å². The molecule has 29 heavy (non-hydrogen) atoms. The van der Waals surface area contributed by atoms with Crippen LogP contribution >= 0.6 is 0 Å². The minimum Gasteiger partial charge on any atom is -0.490 e. The molecule has 0 radical (unpaired) electrons. The Bertz CT molecular complexity index is 1010. The minimum absolute atomic E-state index is 0.665. The van der Waals surface area contributed by atoms with Gasteiger partial charge in [0.2, 0.25) is 0 Å². The Balaban J connectivity index is 1.28. The highest BCUT2D eigenvalue weighted by Gasteiger charge is 2.11. The summed E-state index contributed by atoms with van der Waals surface area (Å²) in [6.07, 6.45) is 0.889. The average Bonchev–Trinajstić information content (AvgIpc) is 3.00. The highest BCUT2D eigenvalue weighted by molar-refractivity contribution is 5.93. The minimum atomic E-state index is 0.665. The number of benzene rings is 2. The Hall–Kier alpha value is -3.48. The molecule has 0 fully saturated rings. The number of hydrogen-bond donors (Lipinski definition) is 3. The number of aromatic nitrogens is 1. The van der Waals surface area contributed by atoms with E-state index in [1.807, 2.05) is 42.5 Å². The molecule has 7 heteroatoms. The first kappa shape index (κ1) is 18.9. The molecule has 3 aromatic rings. The van der Waals surface area contributed by atoms with Crippen molar-refractivity contribution in [3.05, 3.63) is 54.6 Å². The molecule has 1 aromatic heterocycles. The lowest BCUT2D eigenvalue weighted by Gasteiger charge is -2.14. The van der Waals surface area contributed by atoms with Crippen molar-refractivity contribution in [2.45, 2.75) is 6.42 Å². The zero-order chi connectivity index (χ0) is 19.9. The molecule has 0 saturated carbocycles. The number of fused-ring (bicyclic) bond motifs is 2. The molecule has 4 rings (SSSR count). The largest absolute Gasteiger partial charge is 0.490 e. The van der Waals surface area contributed by atoms with Crippen LogP contribution in [-0.2, 0) is 0 Å². The third-order valence-corrected chi connectivity index (χ3v) is 4.56. The van der Waals surface area contributed by atoms with Crippen molar-refractivity contribution >= 4 is 28.4 Å². The van der Waals surface area contributed by atoms with E-state index in [1.165, 1.54) is 0 Å². The van der Waals surface area contributed by atoms with E-state index in [0.717, 1.165) is 40.3 Å². The number of rotatable bonds is 5. The van der Waals surface area contributed by atoms with Crippen molar-refractivity contribution in [1.29, 1.82) is 0 Å². The Labute approximate surface area is 170 Å². The summed E-state index contributed by atoms with van der Waals surface area (Å²) >= 11 is 0. The van der Waals surface area contributed by atoms with Crippen LogP contribution in [0.5, 0.6) is 11.5 Å². The monoisotopic (exact) mass is 391 g/mol. The van der Waals surface area contributed by atoms with Gasteiger partial charge in [0.15, 0.2) is 17.5 Å². The van der Waals surface area contributed by atoms with Gasteiger partial charge >= 0.3 is 0 Å². The topological polar surface area (TPSA) is 79.8 Å². The highest BCUT2D eigenvalue weighted by atomic mass is 16.5. The molecular weight excluding hydrogens is 366 g/mol. The molecule has 0 atom stereocenters. The lowest BCUT2D eigenvalue weighted by molar-refractivity contribution is 0.297. The van der Waals surface area contributed by atoms with Crippen molar-refractivity contribution < 1.29 is 9.47 Å². The molecule has 2 aromatic carbocycles. The van der Waals surface area contributed by atoms with E-state index in [1.54, 1.807) is 7.05 Å². The molecule has 0 bridgehead atoms. The second-order valence-electron chi connectivity index (χ2n) is 6.65. The number of anilines is 2. The Morgan fingerprint density at radius 3 is 2.76 bits per heavy atom. The second-order valence-corrected chi connectivity index (χ2v) is 6.65. The first-order valence-corrected chi connectivity index (χ1v) is 9.79. The van der Waals surface area contributed by atoms with Crippen LogP contribution in [0, 0.1) is 0 Å². The van der Waals surface area contributed by atoms with Crippen LogP contribution in [0.15, 0.2) is 59.6 Å². The number of aliphatic imine (C=N–C) groups is 1. The molecule has 0 spiro atoms. The summed E-state index contributed by atoms with van der Waals surface area (Å²) in [4.78, 5) is 8.90. The van der Waals surface area contributed by atoms with Crippen LogP contribution in [0.2, 0.25) is 0 Å². The van der Waals surface area contributed by atoms with E-state index >= 15 is 0 Å². The van der Waals surface area contributed by atoms with Crippen LogP contribution < -0.4 is 25.4 Å². The average molecular weight is 391 g/mol. The number of guanidine groups is 1. The van der Waals surface area contributed by atoms with E-state index in [2.05, 4.69) is 38.1 Å². The number of nitrogens with zero attached hydrogens (tertiary/aromatic N) is 2. The van der Waals surface area contributed by atoms with Crippen molar-refractivity contribution in [2.75, 3.05) is 44.0 Å². The maximum Gasteiger partial charge on any atom is 0.195 e. The summed E-state index contributed by atoms with van der Waals surface area (Å²) in [5, 5.41) is 11.0. The molecule has 0 saturated heterocycles. The summed E-state index contributed by atoms with van der Waals surface area (Å²) in [7, 11) is 1.75. The van der Waals surface area contributed by atoms with Crippen LogP contribution in [0.3, 0.4) is 0 Å². The van der Waals surface area contributed by atoms with Crippen LogP contribution in [0.25, 0.3) is 10.9 Å². The van der Waals surface area contributed by atoms with E-state index in [4.69, 9.17) is 9.47 Å². The molecule has 1 aliphatic heterocycles. The SMILES string of the molecule is CN=C(NCCNc1ccc2ccccc2n1)Nc1ccc2c(c1)OCCCO2. The normalized spacial score (nSPS) is 13.6. The molecular formula is C22H25N5O2. The van der Waals surface area contributed by atoms with Crippen LogP contribution in [0.1, 0.15) is 6.42 Å². The van der Waals surface area contributed by atoms with Gasteiger partial charge in [0, 0.05) is 43.7 Å². The molecule has 0 unspecified atom stereocenters.